The van der Waals surface area contributed by atoms with Gasteiger partial charge < -0.3 is 24.8 Å². The SMILES string of the molecule is Cc1cccc(N2CC(C(=O)N(C)CC(=O)Nc3ccc(N4CCOCC4)cc3)CC2=O)c1C. The predicted molar refractivity (Wildman–Crippen MR) is 132 cm³/mol. The minimum atomic E-state index is -0.460. The van der Waals surface area contributed by atoms with Gasteiger partial charge in [0, 0.05) is 50.2 Å². The quantitative estimate of drug-likeness (QED) is 0.711. The monoisotopic (exact) mass is 464 g/mol. The number of carbonyl (C=O) groups is 3. The Bertz CT molecular complexity index is 1060. The van der Waals surface area contributed by atoms with Crippen LogP contribution in [0.15, 0.2) is 42.5 Å². The van der Waals surface area contributed by atoms with Gasteiger partial charge in [0.2, 0.25) is 17.7 Å². The van der Waals surface area contributed by atoms with Crippen LogP contribution in [0.3, 0.4) is 0 Å². The molecule has 2 heterocycles. The summed E-state index contributed by atoms with van der Waals surface area (Å²) in [4.78, 5) is 43.5. The Labute approximate surface area is 200 Å². The van der Waals surface area contributed by atoms with E-state index in [1.165, 1.54) is 4.90 Å². The van der Waals surface area contributed by atoms with Gasteiger partial charge in [-0.05, 0) is 55.3 Å². The van der Waals surface area contributed by atoms with Crippen LogP contribution in [0.5, 0.6) is 0 Å². The van der Waals surface area contributed by atoms with Gasteiger partial charge in [0.05, 0.1) is 25.7 Å². The van der Waals surface area contributed by atoms with Crippen molar-refractivity contribution >= 4 is 34.8 Å². The van der Waals surface area contributed by atoms with Crippen LogP contribution in [0.1, 0.15) is 17.5 Å². The average molecular weight is 465 g/mol. The third kappa shape index (κ3) is 5.22. The highest BCUT2D eigenvalue weighted by atomic mass is 16.5. The molecule has 2 aliphatic rings. The molecule has 2 saturated heterocycles. The van der Waals surface area contributed by atoms with E-state index >= 15 is 0 Å². The highest BCUT2D eigenvalue weighted by Gasteiger charge is 2.37. The Hall–Kier alpha value is -3.39. The van der Waals surface area contributed by atoms with Crippen LogP contribution < -0.4 is 15.1 Å². The second-order valence-corrected chi connectivity index (χ2v) is 9.01. The van der Waals surface area contributed by atoms with E-state index in [4.69, 9.17) is 4.74 Å². The molecule has 0 aliphatic carbocycles. The minimum Gasteiger partial charge on any atom is -0.378 e. The van der Waals surface area contributed by atoms with E-state index < -0.39 is 5.92 Å². The number of amides is 3. The fraction of sp³-hybridized carbons (Fsp3) is 0.423. The van der Waals surface area contributed by atoms with Crippen LogP contribution in [-0.2, 0) is 19.1 Å². The van der Waals surface area contributed by atoms with E-state index in [2.05, 4.69) is 10.2 Å². The summed E-state index contributed by atoms with van der Waals surface area (Å²) in [6.45, 7) is 7.38. The van der Waals surface area contributed by atoms with Crippen molar-refractivity contribution in [3.8, 4) is 0 Å². The number of hydrogen-bond acceptors (Lipinski definition) is 5. The van der Waals surface area contributed by atoms with Gasteiger partial charge in [0.1, 0.15) is 0 Å². The molecule has 8 nitrogen and oxygen atoms in total. The predicted octanol–water partition coefficient (Wildman–Crippen LogP) is 2.59. The fourth-order valence-electron chi connectivity index (χ4n) is 4.52. The summed E-state index contributed by atoms with van der Waals surface area (Å²) in [5.41, 5.74) is 4.76. The zero-order valence-electron chi connectivity index (χ0n) is 20.0. The van der Waals surface area contributed by atoms with Crippen LogP contribution >= 0.6 is 0 Å². The van der Waals surface area contributed by atoms with Crippen molar-refractivity contribution < 1.29 is 19.1 Å². The number of morpholine rings is 1. The molecule has 1 N–H and O–H groups in total. The van der Waals surface area contributed by atoms with Crippen LogP contribution in [0, 0.1) is 19.8 Å². The largest absolute Gasteiger partial charge is 0.378 e. The lowest BCUT2D eigenvalue weighted by Crippen LogP contribution is -2.39. The molecule has 2 aromatic rings. The maximum Gasteiger partial charge on any atom is 0.243 e. The molecule has 1 atom stereocenters. The van der Waals surface area contributed by atoms with E-state index in [0.29, 0.717) is 25.4 Å². The van der Waals surface area contributed by atoms with Crippen molar-refractivity contribution in [2.45, 2.75) is 20.3 Å². The lowest BCUT2D eigenvalue weighted by atomic mass is 10.1. The van der Waals surface area contributed by atoms with E-state index in [-0.39, 0.29) is 30.7 Å². The Morgan fingerprint density at radius 3 is 2.50 bits per heavy atom. The van der Waals surface area contributed by atoms with Crippen molar-refractivity contribution in [1.29, 1.82) is 0 Å². The number of anilines is 3. The van der Waals surface area contributed by atoms with E-state index in [0.717, 1.165) is 35.6 Å². The fourth-order valence-corrected chi connectivity index (χ4v) is 4.52. The Kier molecular flexibility index (Phi) is 7.17. The number of aryl methyl sites for hydroxylation is 1. The van der Waals surface area contributed by atoms with Gasteiger partial charge >= 0.3 is 0 Å². The second kappa shape index (κ2) is 10.3. The molecule has 180 valence electrons. The zero-order valence-corrected chi connectivity index (χ0v) is 20.0. The van der Waals surface area contributed by atoms with Crippen molar-refractivity contribution in [1.82, 2.24) is 4.90 Å². The molecule has 0 spiro atoms. The molecule has 3 amide bonds. The highest BCUT2D eigenvalue weighted by molar-refractivity contribution is 6.02. The molecule has 0 saturated carbocycles. The molecule has 4 rings (SSSR count). The lowest BCUT2D eigenvalue weighted by molar-refractivity contribution is -0.137. The molecule has 0 radical (unpaired) electrons. The number of nitrogens with one attached hydrogen (secondary N) is 1. The summed E-state index contributed by atoms with van der Waals surface area (Å²) in [5, 5.41) is 2.85. The Morgan fingerprint density at radius 1 is 1.09 bits per heavy atom. The first-order valence-electron chi connectivity index (χ1n) is 11.7. The number of nitrogens with zero attached hydrogens (tertiary/aromatic N) is 3. The third-order valence-electron chi connectivity index (χ3n) is 6.63. The molecule has 0 aromatic heterocycles. The maximum absolute atomic E-state index is 13.0. The van der Waals surface area contributed by atoms with E-state index in [9.17, 15) is 14.4 Å². The molecule has 1 unspecified atom stereocenters. The van der Waals surface area contributed by atoms with Crippen LogP contribution in [0.4, 0.5) is 17.1 Å². The molecule has 2 fully saturated rings. The molecule has 0 bridgehead atoms. The minimum absolute atomic E-state index is 0.0646. The third-order valence-corrected chi connectivity index (χ3v) is 6.63. The maximum atomic E-state index is 13.0. The van der Waals surface area contributed by atoms with Gasteiger partial charge in [0.15, 0.2) is 0 Å². The van der Waals surface area contributed by atoms with Crippen LogP contribution in [0.25, 0.3) is 0 Å². The molecular weight excluding hydrogens is 432 g/mol. The zero-order chi connectivity index (χ0) is 24.2. The van der Waals surface area contributed by atoms with Crippen molar-refractivity contribution in [2.75, 3.05) is 61.6 Å². The molecule has 34 heavy (non-hydrogen) atoms. The number of likely N-dealkylation sites (N-methyl/N-ethyl adjacent to an activating group) is 1. The van der Waals surface area contributed by atoms with Crippen molar-refractivity contribution in [3.63, 3.8) is 0 Å². The number of ether oxygens (including phenoxy) is 1. The van der Waals surface area contributed by atoms with E-state index in [1.807, 2.05) is 56.3 Å². The van der Waals surface area contributed by atoms with Crippen molar-refractivity contribution in [3.05, 3.63) is 53.6 Å². The number of hydrogen-bond donors (Lipinski definition) is 1. The van der Waals surface area contributed by atoms with E-state index in [1.54, 1.807) is 11.9 Å². The first kappa shape index (κ1) is 23.8. The normalized spacial score (nSPS) is 18.2. The highest BCUT2D eigenvalue weighted by Crippen LogP contribution is 2.30. The lowest BCUT2D eigenvalue weighted by Gasteiger charge is -2.29. The number of benzene rings is 2. The second-order valence-electron chi connectivity index (χ2n) is 9.01. The molecule has 2 aromatic carbocycles. The van der Waals surface area contributed by atoms with Gasteiger partial charge in [-0.3, -0.25) is 14.4 Å². The summed E-state index contributed by atoms with van der Waals surface area (Å²) in [7, 11) is 1.61. The molecule has 8 heteroatoms. The van der Waals surface area contributed by atoms with Gasteiger partial charge in [-0.1, -0.05) is 12.1 Å². The molecule has 2 aliphatic heterocycles. The number of rotatable bonds is 6. The molecular formula is C26H32N4O4. The summed E-state index contributed by atoms with van der Waals surface area (Å²) in [5.74, 6) is -0.993. The summed E-state index contributed by atoms with van der Waals surface area (Å²) in [6.07, 6.45) is 0.154. The standard InChI is InChI=1S/C26H32N4O4/c1-18-5-4-6-23(19(18)2)30-16-20(15-25(30)32)26(33)28(3)17-24(31)27-21-7-9-22(10-8-21)29-11-13-34-14-12-29/h4-10,20H,11-17H2,1-3H3,(H,27,31). The summed E-state index contributed by atoms with van der Waals surface area (Å²) < 4.78 is 5.38. The Morgan fingerprint density at radius 2 is 1.79 bits per heavy atom. The van der Waals surface area contributed by atoms with Gasteiger partial charge in [-0.2, -0.15) is 0 Å². The number of carbonyl (C=O) groups excluding carboxylic acids is 3. The summed E-state index contributed by atoms with van der Waals surface area (Å²) in [6, 6.07) is 13.5. The van der Waals surface area contributed by atoms with Gasteiger partial charge in [-0.25, -0.2) is 0 Å². The van der Waals surface area contributed by atoms with Crippen molar-refractivity contribution in [2.24, 2.45) is 5.92 Å². The van der Waals surface area contributed by atoms with Gasteiger partial charge in [-0.15, -0.1) is 0 Å². The first-order chi connectivity index (χ1) is 16.3. The van der Waals surface area contributed by atoms with Gasteiger partial charge in [0.25, 0.3) is 0 Å². The topological polar surface area (TPSA) is 82.2 Å². The van der Waals surface area contributed by atoms with Crippen LogP contribution in [0.2, 0.25) is 0 Å². The summed E-state index contributed by atoms with van der Waals surface area (Å²) >= 11 is 0. The van der Waals surface area contributed by atoms with Crippen LogP contribution in [-0.4, -0.2) is 69.1 Å². The first-order valence-corrected chi connectivity index (χ1v) is 11.7. The Balaban J connectivity index is 1.31. The average Bonchev–Trinajstić information content (AvgIpc) is 3.22. The smallest absolute Gasteiger partial charge is 0.243 e.